The maximum absolute atomic E-state index is 13.8. The molecule has 0 spiro atoms. The van der Waals surface area contributed by atoms with Gasteiger partial charge in [-0.15, -0.1) is 0 Å². The monoisotopic (exact) mass is 425 g/mol. The molecule has 2 N–H and O–H groups in total. The lowest BCUT2D eigenvalue weighted by Crippen LogP contribution is -2.60. The predicted molar refractivity (Wildman–Crippen MR) is 124 cm³/mol. The van der Waals surface area contributed by atoms with Crippen LogP contribution in [0, 0.1) is 17.8 Å². The molecule has 2 aromatic carbocycles. The Kier molecular flexibility index (Phi) is 4.53. The van der Waals surface area contributed by atoms with Crippen molar-refractivity contribution in [2.75, 3.05) is 0 Å². The first-order valence-electron chi connectivity index (χ1n) is 11.7. The van der Waals surface area contributed by atoms with Crippen molar-refractivity contribution in [3.63, 3.8) is 0 Å². The second-order valence-corrected chi connectivity index (χ2v) is 10.0. The molecular weight excluding hydrogens is 398 g/mol. The number of carbonyl (C=O) groups excluding carboxylic acids is 1. The van der Waals surface area contributed by atoms with Gasteiger partial charge in [0.2, 0.25) is 0 Å². The summed E-state index contributed by atoms with van der Waals surface area (Å²) in [5, 5.41) is 10.4. The molecule has 0 saturated heterocycles. The van der Waals surface area contributed by atoms with Crippen LogP contribution in [0.4, 0.5) is 0 Å². The van der Waals surface area contributed by atoms with Gasteiger partial charge >= 0.3 is 0 Å². The number of H-pyrrole nitrogens is 1. The van der Waals surface area contributed by atoms with Crippen molar-refractivity contribution in [3.8, 4) is 22.4 Å². The normalized spacial score (nSPS) is 27.9. The largest absolute Gasteiger partial charge is 0.346 e. The molecule has 4 aliphatic rings. The third kappa shape index (κ3) is 3.27. The van der Waals surface area contributed by atoms with Gasteiger partial charge < -0.3 is 5.32 Å². The minimum atomic E-state index is -0.439. The Hall–Kier alpha value is -3.21. The van der Waals surface area contributed by atoms with Crippen LogP contribution in [0.1, 0.15) is 48.9 Å². The van der Waals surface area contributed by atoms with Crippen LogP contribution in [0.2, 0.25) is 0 Å². The molecule has 3 aromatic rings. The summed E-state index contributed by atoms with van der Waals surface area (Å²) < 4.78 is 0. The number of rotatable bonds is 4. The molecule has 1 aromatic heterocycles. The topological polar surface area (TPSA) is 74.8 Å². The Morgan fingerprint density at radius 2 is 1.38 bits per heavy atom. The smallest absolute Gasteiger partial charge is 0.277 e. The zero-order valence-electron chi connectivity index (χ0n) is 18.0. The Balaban J connectivity index is 1.46. The molecule has 1 amide bonds. The van der Waals surface area contributed by atoms with Crippen molar-refractivity contribution in [2.45, 2.75) is 44.1 Å². The van der Waals surface area contributed by atoms with Crippen molar-refractivity contribution in [3.05, 3.63) is 76.6 Å². The van der Waals surface area contributed by atoms with Crippen LogP contribution < -0.4 is 10.9 Å². The summed E-state index contributed by atoms with van der Waals surface area (Å²) in [6, 6.07) is 19.4. The SMILES string of the molecule is O=C(NC12CC3CC(CC(C3)C1)C2)c1c(-c2ccccc2)c(-c2ccccc2)n[nH]c1=O. The summed E-state index contributed by atoms with van der Waals surface area (Å²) in [6.45, 7) is 0. The molecule has 5 nitrogen and oxygen atoms in total. The van der Waals surface area contributed by atoms with E-state index in [4.69, 9.17) is 0 Å². The summed E-state index contributed by atoms with van der Waals surface area (Å²) in [5.41, 5.74) is 2.47. The Labute approximate surface area is 187 Å². The van der Waals surface area contributed by atoms with Gasteiger partial charge in [0, 0.05) is 16.7 Å². The van der Waals surface area contributed by atoms with Gasteiger partial charge in [0.1, 0.15) is 5.56 Å². The number of nitrogens with one attached hydrogen (secondary N) is 2. The van der Waals surface area contributed by atoms with Crippen molar-refractivity contribution >= 4 is 5.91 Å². The van der Waals surface area contributed by atoms with Crippen LogP contribution in [0.3, 0.4) is 0 Å². The van der Waals surface area contributed by atoms with Gasteiger partial charge in [-0.2, -0.15) is 5.10 Å². The number of aromatic nitrogens is 2. The highest BCUT2D eigenvalue weighted by molar-refractivity contribution is 6.04. The van der Waals surface area contributed by atoms with Crippen molar-refractivity contribution in [1.82, 2.24) is 15.5 Å². The van der Waals surface area contributed by atoms with Crippen molar-refractivity contribution < 1.29 is 4.79 Å². The number of hydrogen-bond donors (Lipinski definition) is 2. The zero-order chi connectivity index (χ0) is 21.7. The van der Waals surface area contributed by atoms with Crippen LogP contribution in [0.15, 0.2) is 65.5 Å². The van der Waals surface area contributed by atoms with Gasteiger partial charge in [-0.1, -0.05) is 60.7 Å². The van der Waals surface area contributed by atoms with E-state index >= 15 is 0 Å². The molecule has 4 bridgehead atoms. The predicted octanol–water partition coefficient (Wildman–Crippen LogP) is 4.80. The highest BCUT2D eigenvalue weighted by Crippen LogP contribution is 2.55. The number of aromatic amines is 1. The second-order valence-electron chi connectivity index (χ2n) is 10.0. The van der Waals surface area contributed by atoms with Gasteiger partial charge in [-0.05, 0) is 61.8 Å². The summed E-state index contributed by atoms with van der Waals surface area (Å²) in [7, 11) is 0. The van der Waals surface area contributed by atoms with E-state index in [9.17, 15) is 9.59 Å². The van der Waals surface area contributed by atoms with E-state index in [1.807, 2.05) is 60.7 Å². The average Bonchev–Trinajstić information content (AvgIpc) is 2.78. The van der Waals surface area contributed by atoms with E-state index < -0.39 is 5.56 Å². The molecule has 4 fully saturated rings. The first kappa shape index (κ1) is 19.5. The minimum Gasteiger partial charge on any atom is -0.346 e. The van der Waals surface area contributed by atoms with Crippen molar-refractivity contribution in [1.29, 1.82) is 0 Å². The van der Waals surface area contributed by atoms with E-state index in [1.165, 1.54) is 19.3 Å². The zero-order valence-corrected chi connectivity index (χ0v) is 18.0. The van der Waals surface area contributed by atoms with E-state index in [0.717, 1.165) is 30.4 Å². The maximum atomic E-state index is 13.8. The molecule has 4 saturated carbocycles. The molecule has 1 heterocycles. The first-order valence-corrected chi connectivity index (χ1v) is 11.7. The Bertz CT molecular complexity index is 1180. The minimum absolute atomic E-state index is 0.164. The Morgan fingerprint density at radius 3 is 1.94 bits per heavy atom. The van der Waals surface area contributed by atoms with Crippen LogP contribution in [-0.4, -0.2) is 21.6 Å². The number of amides is 1. The fraction of sp³-hybridized carbons (Fsp3) is 0.370. The van der Waals surface area contributed by atoms with E-state index in [1.54, 1.807) is 0 Å². The summed E-state index contributed by atoms with van der Waals surface area (Å²) in [6.07, 6.45) is 7.04. The van der Waals surface area contributed by atoms with Crippen LogP contribution in [-0.2, 0) is 0 Å². The van der Waals surface area contributed by atoms with E-state index in [0.29, 0.717) is 29.0 Å². The molecule has 4 aliphatic carbocycles. The quantitative estimate of drug-likeness (QED) is 0.630. The van der Waals surface area contributed by atoms with E-state index in [2.05, 4.69) is 15.5 Å². The standard InChI is InChI=1S/C27H27N3O2/c31-25(28-27-14-17-11-18(15-27)13-19(12-17)16-27)23-22(20-7-3-1-4-8-20)24(29-30-26(23)32)21-9-5-2-6-10-21/h1-10,17-19H,11-16H2,(H,28,31)(H,30,32). The molecule has 0 aliphatic heterocycles. The van der Waals surface area contributed by atoms with Gasteiger partial charge in [-0.25, -0.2) is 5.10 Å². The van der Waals surface area contributed by atoms with Gasteiger partial charge in [-0.3, -0.25) is 9.59 Å². The fourth-order valence-electron chi connectivity index (χ4n) is 6.92. The first-order chi connectivity index (χ1) is 15.6. The lowest BCUT2D eigenvalue weighted by atomic mass is 9.53. The fourth-order valence-corrected chi connectivity index (χ4v) is 6.92. The van der Waals surface area contributed by atoms with Crippen molar-refractivity contribution in [2.24, 2.45) is 17.8 Å². The molecule has 5 heteroatoms. The van der Waals surface area contributed by atoms with E-state index in [-0.39, 0.29) is 17.0 Å². The van der Waals surface area contributed by atoms with Gasteiger partial charge in [0.05, 0.1) is 5.69 Å². The molecule has 0 atom stereocenters. The third-order valence-electron chi connectivity index (χ3n) is 7.74. The van der Waals surface area contributed by atoms with Crippen LogP contribution in [0.5, 0.6) is 0 Å². The number of hydrogen-bond acceptors (Lipinski definition) is 3. The molecule has 0 unspecified atom stereocenters. The van der Waals surface area contributed by atoms with Crippen LogP contribution in [0.25, 0.3) is 22.4 Å². The second kappa shape index (κ2) is 7.44. The molecule has 0 radical (unpaired) electrons. The highest BCUT2D eigenvalue weighted by atomic mass is 16.2. The highest BCUT2D eigenvalue weighted by Gasteiger charge is 2.51. The Morgan fingerprint density at radius 1 is 0.844 bits per heavy atom. The van der Waals surface area contributed by atoms with Gasteiger partial charge in [0.15, 0.2) is 0 Å². The summed E-state index contributed by atoms with van der Waals surface area (Å²) in [5.74, 6) is 1.87. The number of carbonyl (C=O) groups is 1. The molecular formula is C27H27N3O2. The number of benzene rings is 2. The third-order valence-corrected chi connectivity index (χ3v) is 7.74. The lowest BCUT2D eigenvalue weighted by molar-refractivity contribution is -0.0167. The molecule has 32 heavy (non-hydrogen) atoms. The number of nitrogens with zero attached hydrogens (tertiary/aromatic N) is 1. The summed E-state index contributed by atoms with van der Waals surface area (Å²) in [4.78, 5) is 26.8. The van der Waals surface area contributed by atoms with Crippen LogP contribution >= 0.6 is 0 Å². The molecule has 162 valence electrons. The average molecular weight is 426 g/mol. The maximum Gasteiger partial charge on any atom is 0.277 e. The lowest BCUT2D eigenvalue weighted by Gasteiger charge is -2.56. The molecule has 7 rings (SSSR count). The summed E-state index contributed by atoms with van der Waals surface area (Å²) >= 11 is 0. The van der Waals surface area contributed by atoms with Gasteiger partial charge in [0.25, 0.3) is 11.5 Å².